The molecule has 152 valence electrons. The minimum absolute atomic E-state index is 0.109. The summed E-state index contributed by atoms with van der Waals surface area (Å²) in [6, 6.07) is 0. The van der Waals surface area contributed by atoms with E-state index < -0.39 is 21.1 Å². The van der Waals surface area contributed by atoms with Gasteiger partial charge in [-0.3, -0.25) is 9.59 Å². The Bertz CT molecular complexity index is 891. The Morgan fingerprint density at radius 1 is 1.25 bits per heavy atom. The summed E-state index contributed by atoms with van der Waals surface area (Å²) in [6.45, 7) is 8.11. The van der Waals surface area contributed by atoms with E-state index in [9.17, 15) is 14.4 Å². The van der Waals surface area contributed by atoms with Crippen molar-refractivity contribution in [1.82, 2.24) is 0 Å². The van der Waals surface area contributed by atoms with Crippen LogP contribution in [-0.4, -0.2) is 29.1 Å². The lowest BCUT2D eigenvalue weighted by molar-refractivity contribution is -0.130. The Hall–Kier alpha value is -1.21. The van der Waals surface area contributed by atoms with Crippen LogP contribution in [0.3, 0.4) is 0 Å². The lowest BCUT2D eigenvalue weighted by atomic mass is 9.64. The molecule has 1 aromatic heterocycles. The predicted octanol–water partition coefficient (Wildman–Crippen LogP) is 4.51. The van der Waals surface area contributed by atoms with Crippen LogP contribution in [0.15, 0.2) is 0 Å². The Morgan fingerprint density at radius 3 is 2.57 bits per heavy atom. The fraction of sp³-hybridized carbons (Fsp3) is 0.667. The van der Waals surface area contributed by atoms with Gasteiger partial charge in [-0.1, -0.05) is 36.7 Å². The fourth-order valence-electron chi connectivity index (χ4n) is 5.58. The molecule has 3 aliphatic carbocycles. The summed E-state index contributed by atoms with van der Waals surface area (Å²) in [5.41, 5.74) is -0.277. The van der Waals surface area contributed by atoms with Crippen LogP contribution in [0.25, 0.3) is 0 Å². The Balaban J connectivity index is 1.72. The third-order valence-corrected chi connectivity index (χ3v) is 10.2. The van der Waals surface area contributed by atoms with E-state index in [0.717, 1.165) is 29.7 Å². The number of hydrogen-bond donors (Lipinski definition) is 1. The summed E-state index contributed by atoms with van der Waals surface area (Å²) >= 11 is 5.04. The van der Waals surface area contributed by atoms with Crippen molar-refractivity contribution >= 4 is 49.9 Å². The first kappa shape index (κ1) is 20.1. The average Bonchev–Trinajstić information content (AvgIpc) is 3.27. The zero-order valence-corrected chi connectivity index (χ0v) is 19.1. The summed E-state index contributed by atoms with van der Waals surface area (Å²) < 4.78 is 5.27. The Labute approximate surface area is 177 Å². The van der Waals surface area contributed by atoms with Crippen molar-refractivity contribution in [3.8, 4) is 0 Å². The van der Waals surface area contributed by atoms with Crippen molar-refractivity contribution in [2.45, 2.75) is 64.6 Å². The van der Waals surface area contributed by atoms with Gasteiger partial charge < -0.3 is 10.1 Å². The predicted molar refractivity (Wildman–Crippen MR) is 112 cm³/mol. The Kier molecular flexibility index (Phi) is 4.58. The van der Waals surface area contributed by atoms with Gasteiger partial charge >= 0.3 is 5.97 Å². The topological polar surface area (TPSA) is 72.5 Å². The van der Waals surface area contributed by atoms with E-state index in [0.29, 0.717) is 30.0 Å². The highest BCUT2D eigenvalue weighted by molar-refractivity contribution is 9.10. The Morgan fingerprint density at radius 2 is 1.96 bits per heavy atom. The van der Waals surface area contributed by atoms with Crippen LogP contribution in [-0.2, 0) is 27.2 Å². The highest BCUT2D eigenvalue weighted by Crippen LogP contribution is 2.72. The third-order valence-electron chi connectivity index (χ3n) is 7.75. The van der Waals surface area contributed by atoms with E-state index in [1.807, 2.05) is 20.8 Å². The van der Waals surface area contributed by atoms with Crippen molar-refractivity contribution in [2.75, 3.05) is 11.9 Å². The second-order valence-corrected chi connectivity index (χ2v) is 10.9. The second-order valence-electron chi connectivity index (χ2n) is 8.89. The highest BCUT2D eigenvalue weighted by Gasteiger charge is 2.76. The standard InChI is InChI=1S/C21H26BrNO4S/c1-5-27-17(25)13-11-7-6-8-12(11)28-16(13)23-18(26)21-10-9-20(4,19(21,2)3)15(24)14(21)22/h14H,5-10H2,1-4H3,(H,23,26). The summed E-state index contributed by atoms with van der Waals surface area (Å²) in [7, 11) is 0. The number of thiophene rings is 1. The number of fused-ring (bicyclic) bond motifs is 3. The first-order valence-corrected chi connectivity index (χ1v) is 11.7. The number of alkyl halides is 1. The summed E-state index contributed by atoms with van der Waals surface area (Å²) in [5, 5.41) is 3.63. The van der Waals surface area contributed by atoms with Gasteiger partial charge in [0.1, 0.15) is 5.00 Å². The molecule has 1 heterocycles. The summed E-state index contributed by atoms with van der Waals surface area (Å²) in [5.74, 6) is -0.430. The van der Waals surface area contributed by atoms with Gasteiger partial charge in [-0.15, -0.1) is 11.3 Å². The molecule has 28 heavy (non-hydrogen) atoms. The van der Waals surface area contributed by atoms with Gasteiger partial charge in [0.2, 0.25) is 5.91 Å². The smallest absolute Gasteiger partial charge is 0.341 e. The van der Waals surface area contributed by atoms with Crippen molar-refractivity contribution in [2.24, 2.45) is 16.2 Å². The molecule has 0 radical (unpaired) electrons. The number of esters is 1. The molecule has 0 saturated heterocycles. The van der Waals surface area contributed by atoms with Gasteiger partial charge in [-0.2, -0.15) is 0 Å². The minimum atomic E-state index is -0.820. The van der Waals surface area contributed by atoms with Crippen LogP contribution in [0, 0.1) is 16.2 Å². The molecule has 4 rings (SSSR count). The molecule has 0 aliphatic heterocycles. The number of aryl methyl sites for hydroxylation is 1. The van der Waals surface area contributed by atoms with Gasteiger partial charge in [0.15, 0.2) is 5.78 Å². The van der Waals surface area contributed by atoms with E-state index in [1.165, 1.54) is 11.3 Å². The second kappa shape index (κ2) is 6.39. The van der Waals surface area contributed by atoms with Crippen LogP contribution >= 0.6 is 27.3 Å². The number of ether oxygens (including phenoxy) is 1. The number of nitrogens with one attached hydrogen (secondary N) is 1. The van der Waals surface area contributed by atoms with Crippen molar-refractivity contribution in [3.05, 3.63) is 16.0 Å². The first-order chi connectivity index (χ1) is 13.1. The number of hydrogen-bond acceptors (Lipinski definition) is 5. The number of halogens is 1. The zero-order valence-electron chi connectivity index (χ0n) is 16.7. The minimum Gasteiger partial charge on any atom is -0.462 e. The van der Waals surface area contributed by atoms with E-state index >= 15 is 0 Å². The molecule has 1 aromatic rings. The molecule has 7 heteroatoms. The van der Waals surface area contributed by atoms with Crippen LogP contribution < -0.4 is 5.32 Å². The van der Waals surface area contributed by atoms with E-state index in [-0.39, 0.29) is 17.7 Å². The van der Waals surface area contributed by atoms with Crippen LogP contribution in [0.5, 0.6) is 0 Å². The van der Waals surface area contributed by atoms with Gasteiger partial charge in [-0.25, -0.2) is 4.79 Å². The largest absolute Gasteiger partial charge is 0.462 e. The molecular weight excluding hydrogens is 442 g/mol. The van der Waals surface area contributed by atoms with Gasteiger partial charge in [0, 0.05) is 10.3 Å². The molecule has 1 N–H and O–H groups in total. The lowest BCUT2D eigenvalue weighted by Gasteiger charge is -2.39. The molecule has 3 unspecified atom stereocenters. The van der Waals surface area contributed by atoms with Gasteiger partial charge in [-0.05, 0) is 50.0 Å². The number of Topliss-reactive ketones (excluding diaryl/α,β-unsaturated/α-hetero) is 1. The van der Waals surface area contributed by atoms with Crippen molar-refractivity contribution in [1.29, 1.82) is 0 Å². The van der Waals surface area contributed by atoms with E-state index in [1.54, 1.807) is 6.92 Å². The molecule has 2 bridgehead atoms. The summed E-state index contributed by atoms with van der Waals surface area (Å²) in [6.07, 6.45) is 4.15. The molecule has 3 aliphatic rings. The maximum atomic E-state index is 13.6. The molecule has 5 nitrogen and oxygen atoms in total. The van der Waals surface area contributed by atoms with Gasteiger partial charge in [0.25, 0.3) is 0 Å². The molecule has 1 amide bonds. The molecule has 0 aromatic carbocycles. The average molecular weight is 468 g/mol. The number of anilines is 1. The van der Waals surface area contributed by atoms with Crippen LogP contribution in [0.2, 0.25) is 0 Å². The highest BCUT2D eigenvalue weighted by atomic mass is 79.9. The zero-order chi connectivity index (χ0) is 20.5. The van der Waals surface area contributed by atoms with Gasteiger partial charge in [0.05, 0.1) is 22.4 Å². The molecule has 2 saturated carbocycles. The van der Waals surface area contributed by atoms with Crippen LogP contribution in [0.1, 0.15) is 67.8 Å². The number of carbonyl (C=O) groups is 3. The maximum Gasteiger partial charge on any atom is 0.341 e. The quantitative estimate of drug-likeness (QED) is 0.522. The fourth-order valence-corrected chi connectivity index (χ4v) is 8.37. The molecular formula is C21H26BrNO4S. The first-order valence-electron chi connectivity index (χ1n) is 9.93. The van der Waals surface area contributed by atoms with E-state index in [4.69, 9.17) is 4.74 Å². The van der Waals surface area contributed by atoms with Crippen LogP contribution in [0.4, 0.5) is 5.00 Å². The number of rotatable bonds is 4. The molecule has 3 atom stereocenters. The number of ketones is 1. The number of carbonyl (C=O) groups excluding carboxylic acids is 3. The third kappa shape index (κ3) is 2.26. The molecule has 0 spiro atoms. The van der Waals surface area contributed by atoms with Crippen molar-refractivity contribution in [3.63, 3.8) is 0 Å². The number of amides is 1. The lowest BCUT2D eigenvalue weighted by Crippen LogP contribution is -2.48. The van der Waals surface area contributed by atoms with Crippen molar-refractivity contribution < 1.29 is 19.1 Å². The maximum absolute atomic E-state index is 13.6. The SMILES string of the molecule is CCOC(=O)c1c(NC(=O)C23CCC(C)(C(=O)C2Br)C3(C)C)sc2c1CCC2. The normalized spacial score (nSPS) is 32.5. The summed E-state index contributed by atoms with van der Waals surface area (Å²) in [4.78, 5) is 39.8. The van der Waals surface area contributed by atoms with E-state index in [2.05, 4.69) is 21.2 Å². The molecule has 2 fully saturated rings. The monoisotopic (exact) mass is 467 g/mol.